The Balaban J connectivity index is 1.94. The van der Waals surface area contributed by atoms with Gasteiger partial charge in [-0.3, -0.25) is 4.79 Å². The summed E-state index contributed by atoms with van der Waals surface area (Å²) in [7, 11) is 3.74. The van der Waals surface area contributed by atoms with Crippen LogP contribution in [-0.4, -0.2) is 36.4 Å². The van der Waals surface area contributed by atoms with Crippen molar-refractivity contribution >= 4 is 27.5 Å². The van der Waals surface area contributed by atoms with Gasteiger partial charge >= 0.3 is 0 Å². The van der Waals surface area contributed by atoms with Gasteiger partial charge in [-0.05, 0) is 32.1 Å². The standard InChI is InChI=1S/C14H19N3OS/c1-15-9-5-8-14(18)17(2)10-13-16-11-6-3-4-7-12(11)19-13/h3-4,6-7,15H,5,8-10H2,1-2H3. The molecule has 1 aromatic heterocycles. The predicted octanol–water partition coefficient (Wildman–Crippen LogP) is 2.25. The maximum atomic E-state index is 11.9. The lowest BCUT2D eigenvalue weighted by Crippen LogP contribution is -2.26. The third-order valence-corrected chi connectivity index (χ3v) is 3.97. The predicted molar refractivity (Wildman–Crippen MR) is 79.3 cm³/mol. The molecule has 0 aliphatic rings. The summed E-state index contributed by atoms with van der Waals surface area (Å²) in [5.74, 6) is 0.175. The number of hydrogen-bond acceptors (Lipinski definition) is 4. The molecule has 5 heteroatoms. The Kier molecular flexibility index (Phi) is 4.87. The van der Waals surface area contributed by atoms with Gasteiger partial charge < -0.3 is 10.2 Å². The molecule has 2 rings (SSSR count). The number of nitrogens with zero attached hydrogens (tertiary/aromatic N) is 2. The van der Waals surface area contributed by atoms with Crippen molar-refractivity contribution in [3.05, 3.63) is 29.3 Å². The minimum absolute atomic E-state index is 0.175. The lowest BCUT2D eigenvalue weighted by molar-refractivity contribution is -0.130. The van der Waals surface area contributed by atoms with E-state index in [1.807, 2.05) is 32.3 Å². The zero-order chi connectivity index (χ0) is 13.7. The van der Waals surface area contributed by atoms with Crippen LogP contribution in [0.15, 0.2) is 24.3 Å². The molecule has 0 saturated carbocycles. The van der Waals surface area contributed by atoms with E-state index in [1.54, 1.807) is 16.2 Å². The van der Waals surface area contributed by atoms with Crippen LogP contribution in [0.4, 0.5) is 0 Å². The van der Waals surface area contributed by atoms with Crippen LogP contribution < -0.4 is 5.32 Å². The first kappa shape index (κ1) is 14.0. The Bertz CT molecular complexity index is 519. The highest BCUT2D eigenvalue weighted by atomic mass is 32.1. The van der Waals surface area contributed by atoms with Crippen LogP contribution in [-0.2, 0) is 11.3 Å². The molecule has 0 spiro atoms. The lowest BCUT2D eigenvalue weighted by atomic mass is 10.3. The first-order valence-electron chi connectivity index (χ1n) is 6.43. The van der Waals surface area contributed by atoms with Crippen molar-refractivity contribution in [1.82, 2.24) is 15.2 Å². The monoisotopic (exact) mass is 277 g/mol. The average Bonchev–Trinajstić information content (AvgIpc) is 2.80. The highest BCUT2D eigenvalue weighted by molar-refractivity contribution is 7.18. The number of para-hydroxylation sites is 1. The number of carbonyl (C=O) groups is 1. The van der Waals surface area contributed by atoms with Crippen molar-refractivity contribution in [1.29, 1.82) is 0 Å². The van der Waals surface area contributed by atoms with Crippen LogP contribution in [0.3, 0.4) is 0 Å². The van der Waals surface area contributed by atoms with Gasteiger partial charge in [-0.25, -0.2) is 4.98 Å². The Hall–Kier alpha value is -1.46. The number of aromatic nitrogens is 1. The Morgan fingerprint density at radius 3 is 2.95 bits per heavy atom. The Labute approximate surface area is 117 Å². The zero-order valence-corrected chi connectivity index (χ0v) is 12.2. The second kappa shape index (κ2) is 6.63. The highest BCUT2D eigenvalue weighted by Gasteiger charge is 2.11. The Morgan fingerprint density at radius 1 is 1.42 bits per heavy atom. The molecule has 4 nitrogen and oxygen atoms in total. The van der Waals surface area contributed by atoms with E-state index in [0.717, 1.165) is 23.5 Å². The normalized spacial score (nSPS) is 10.8. The minimum atomic E-state index is 0.175. The van der Waals surface area contributed by atoms with Gasteiger partial charge in [0.25, 0.3) is 0 Å². The van der Waals surface area contributed by atoms with Gasteiger partial charge in [0.15, 0.2) is 0 Å². The molecule has 0 aliphatic carbocycles. The van der Waals surface area contributed by atoms with Crippen LogP contribution in [0.5, 0.6) is 0 Å². The lowest BCUT2D eigenvalue weighted by Gasteiger charge is -2.15. The maximum Gasteiger partial charge on any atom is 0.222 e. The summed E-state index contributed by atoms with van der Waals surface area (Å²) in [4.78, 5) is 18.2. The fraction of sp³-hybridized carbons (Fsp3) is 0.429. The van der Waals surface area contributed by atoms with Crippen molar-refractivity contribution in [3.63, 3.8) is 0 Å². The van der Waals surface area contributed by atoms with E-state index in [2.05, 4.69) is 16.4 Å². The number of thiazole rings is 1. The zero-order valence-electron chi connectivity index (χ0n) is 11.3. The van der Waals surface area contributed by atoms with Gasteiger partial charge in [0.05, 0.1) is 16.8 Å². The summed E-state index contributed by atoms with van der Waals surface area (Å²) in [6, 6.07) is 8.06. The van der Waals surface area contributed by atoms with Gasteiger partial charge in [0.1, 0.15) is 5.01 Å². The van der Waals surface area contributed by atoms with Crippen LogP contribution in [0.2, 0.25) is 0 Å². The molecule has 1 N–H and O–H groups in total. The fourth-order valence-corrected chi connectivity index (χ4v) is 2.91. The quantitative estimate of drug-likeness (QED) is 0.824. The maximum absolute atomic E-state index is 11.9. The van der Waals surface area contributed by atoms with Gasteiger partial charge in [-0.15, -0.1) is 11.3 Å². The average molecular weight is 277 g/mol. The second-order valence-electron chi connectivity index (χ2n) is 4.53. The summed E-state index contributed by atoms with van der Waals surface area (Å²) in [5, 5.41) is 4.04. The van der Waals surface area contributed by atoms with E-state index >= 15 is 0 Å². The smallest absolute Gasteiger partial charge is 0.222 e. The Morgan fingerprint density at radius 2 is 2.21 bits per heavy atom. The third kappa shape index (κ3) is 3.75. The number of hydrogen-bond donors (Lipinski definition) is 1. The molecule has 1 heterocycles. The number of fused-ring (bicyclic) bond motifs is 1. The summed E-state index contributed by atoms with van der Waals surface area (Å²) in [5.41, 5.74) is 1.01. The van der Waals surface area contributed by atoms with E-state index in [-0.39, 0.29) is 5.91 Å². The fourth-order valence-electron chi connectivity index (χ4n) is 1.89. The van der Waals surface area contributed by atoms with Crippen LogP contribution >= 0.6 is 11.3 Å². The number of rotatable bonds is 6. The molecule has 102 valence electrons. The van der Waals surface area contributed by atoms with E-state index in [9.17, 15) is 4.79 Å². The largest absolute Gasteiger partial charge is 0.339 e. The SMILES string of the molecule is CNCCCC(=O)N(C)Cc1nc2ccccc2s1. The summed E-state index contributed by atoms with van der Waals surface area (Å²) >= 11 is 1.65. The second-order valence-corrected chi connectivity index (χ2v) is 5.65. The van der Waals surface area contributed by atoms with E-state index in [1.165, 1.54) is 4.70 Å². The summed E-state index contributed by atoms with van der Waals surface area (Å²) in [6.45, 7) is 1.47. The van der Waals surface area contributed by atoms with Crippen molar-refractivity contribution in [2.45, 2.75) is 19.4 Å². The molecule has 0 saturated heterocycles. The van der Waals surface area contributed by atoms with Crippen molar-refractivity contribution in [3.8, 4) is 0 Å². The van der Waals surface area contributed by atoms with Crippen molar-refractivity contribution in [2.75, 3.05) is 20.6 Å². The number of benzene rings is 1. The number of carbonyl (C=O) groups excluding carboxylic acids is 1. The van der Waals surface area contributed by atoms with Gasteiger partial charge in [0, 0.05) is 13.5 Å². The van der Waals surface area contributed by atoms with Crippen molar-refractivity contribution < 1.29 is 4.79 Å². The molecule has 19 heavy (non-hydrogen) atoms. The molecule has 0 fully saturated rings. The van der Waals surface area contributed by atoms with Gasteiger partial charge in [-0.2, -0.15) is 0 Å². The topological polar surface area (TPSA) is 45.2 Å². The molecule has 0 unspecified atom stereocenters. The van der Waals surface area contributed by atoms with E-state index in [0.29, 0.717) is 13.0 Å². The number of nitrogens with one attached hydrogen (secondary N) is 1. The highest BCUT2D eigenvalue weighted by Crippen LogP contribution is 2.22. The summed E-state index contributed by atoms with van der Waals surface area (Å²) in [6.07, 6.45) is 1.46. The van der Waals surface area contributed by atoms with Crippen LogP contribution in [0, 0.1) is 0 Å². The van der Waals surface area contributed by atoms with Crippen LogP contribution in [0.1, 0.15) is 17.8 Å². The summed E-state index contributed by atoms with van der Waals surface area (Å²) < 4.78 is 1.17. The first-order chi connectivity index (χ1) is 9.20. The molecule has 2 aromatic rings. The van der Waals surface area contributed by atoms with E-state index in [4.69, 9.17) is 0 Å². The molecular weight excluding hydrogens is 258 g/mol. The minimum Gasteiger partial charge on any atom is -0.339 e. The molecule has 0 aliphatic heterocycles. The molecule has 1 amide bonds. The number of amides is 1. The van der Waals surface area contributed by atoms with Crippen LogP contribution in [0.25, 0.3) is 10.2 Å². The molecule has 0 atom stereocenters. The molecule has 0 bridgehead atoms. The molecule has 1 aromatic carbocycles. The third-order valence-electron chi connectivity index (χ3n) is 2.95. The molecular formula is C14H19N3OS. The van der Waals surface area contributed by atoms with Gasteiger partial charge in [-0.1, -0.05) is 12.1 Å². The van der Waals surface area contributed by atoms with Gasteiger partial charge in [0.2, 0.25) is 5.91 Å². The molecule has 0 radical (unpaired) electrons. The van der Waals surface area contributed by atoms with E-state index < -0.39 is 0 Å². The first-order valence-corrected chi connectivity index (χ1v) is 7.25. The van der Waals surface area contributed by atoms with Crippen molar-refractivity contribution in [2.24, 2.45) is 0 Å².